The normalized spacial score (nSPS) is 10.9. The lowest BCUT2D eigenvalue weighted by molar-refractivity contribution is 0.392. The molecule has 3 rings (SSSR count). The highest BCUT2D eigenvalue weighted by Crippen LogP contribution is 2.24. The van der Waals surface area contributed by atoms with Gasteiger partial charge in [-0.15, -0.1) is 0 Å². The molecule has 0 aliphatic carbocycles. The van der Waals surface area contributed by atoms with Crippen molar-refractivity contribution in [3.63, 3.8) is 0 Å². The van der Waals surface area contributed by atoms with Gasteiger partial charge in [-0.1, -0.05) is 5.16 Å². The van der Waals surface area contributed by atoms with Gasteiger partial charge in [0.25, 0.3) is 0 Å². The third kappa shape index (κ3) is 2.18. The smallest absolute Gasteiger partial charge is 0.138 e. The van der Waals surface area contributed by atoms with Crippen molar-refractivity contribution in [2.75, 3.05) is 11.1 Å². The lowest BCUT2D eigenvalue weighted by Gasteiger charge is -2.09. The van der Waals surface area contributed by atoms with Crippen molar-refractivity contribution in [3.05, 3.63) is 47.5 Å². The van der Waals surface area contributed by atoms with Crippen molar-refractivity contribution in [1.29, 1.82) is 0 Å². The van der Waals surface area contributed by atoms with E-state index >= 15 is 0 Å². The molecule has 2 heterocycles. The fourth-order valence-corrected chi connectivity index (χ4v) is 2.26. The summed E-state index contributed by atoms with van der Waals surface area (Å²) >= 11 is 0. The summed E-state index contributed by atoms with van der Waals surface area (Å²) in [5.41, 5.74) is 10.4. The molecule has 0 spiro atoms. The molecule has 3 aromatic rings. The van der Waals surface area contributed by atoms with Gasteiger partial charge in [-0.25, -0.2) is 0 Å². The van der Waals surface area contributed by atoms with E-state index in [0.717, 1.165) is 33.6 Å². The van der Waals surface area contributed by atoms with Crippen LogP contribution in [0, 0.1) is 13.8 Å². The summed E-state index contributed by atoms with van der Waals surface area (Å²) in [7, 11) is 0. The number of aryl methyl sites for hydroxylation is 2. The van der Waals surface area contributed by atoms with E-state index < -0.39 is 0 Å². The minimum atomic E-state index is 0.671. The molecule has 0 fully saturated rings. The summed E-state index contributed by atoms with van der Waals surface area (Å²) in [6, 6.07) is 7.69. The van der Waals surface area contributed by atoms with Crippen LogP contribution in [-0.2, 0) is 6.54 Å². The van der Waals surface area contributed by atoms with Crippen LogP contribution in [0.15, 0.2) is 35.0 Å². The number of nitrogen functional groups attached to an aromatic ring is 1. The number of anilines is 2. The molecule has 0 saturated heterocycles. The Hall–Kier alpha value is -2.56. The Morgan fingerprint density at radius 1 is 1.25 bits per heavy atom. The molecule has 0 amide bonds. The molecule has 0 saturated carbocycles. The standard InChI is InChI=1S/C15H16N4O/c1-9-13(10(2)20-19-9)8-18-14-5-6-17-15-7-11(16)3-4-12(14)15/h3-7H,8,16H2,1-2H3,(H,17,18). The summed E-state index contributed by atoms with van der Waals surface area (Å²) in [4.78, 5) is 4.33. The van der Waals surface area contributed by atoms with E-state index in [-0.39, 0.29) is 0 Å². The predicted molar refractivity (Wildman–Crippen MR) is 79.5 cm³/mol. The lowest BCUT2D eigenvalue weighted by atomic mass is 10.1. The van der Waals surface area contributed by atoms with Crippen molar-refractivity contribution in [3.8, 4) is 0 Å². The molecule has 0 aliphatic heterocycles. The minimum absolute atomic E-state index is 0.671. The van der Waals surface area contributed by atoms with Crippen LogP contribution in [-0.4, -0.2) is 10.1 Å². The van der Waals surface area contributed by atoms with E-state index in [9.17, 15) is 0 Å². The van der Waals surface area contributed by atoms with E-state index in [1.165, 1.54) is 0 Å². The average molecular weight is 268 g/mol. The Bertz CT molecular complexity index is 744. The molecule has 20 heavy (non-hydrogen) atoms. The maximum absolute atomic E-state index is 5.78. The van der Waals surface area contributed by atoms with Crippen molar-refractivity contribution in [1.82, 2.24) is 10.1 Å². The van der Waals surface area contributed by atoms with Crippen LogP contribution in [0.5, 0.6) is 0 Å². The third-order valence-corrected chi connectivity index (χ3v) is 3.40. The Morgan fingerprint density at radius 3 is 2.85 bits per heavy atom. The predicted octanol–water partition coefficient (Wildman–Crippen LogP) is 3.03. The average Bonchev–Trinajstić information content (AvgIpc) is 2.75. The summed E-state index contributed by atoms with van der Waals surface area (Å²) < 4.78 is 5.17. The van der Waals surface area contributed by atoms with Gasteiger partial charge in [-0.2, -0.15) is 0 Å². The zero-order valence-electron chi connectivity index (χ0n) is 11.5. The van der Waals surface area contributed by atoms with Gasteiger partial charge in [0.1, 0.15) is 5.76 Å². The highest BCUT2D eigenvalue weighted by Gasteiger charge is 2.09. The van der Waals surface area contributed by atoms with Crippen LogP contribution in [0.4, 0.5) is 11.4 Å². The van der Waals surface area contributed by atoms with E-state index in [2.05, 4.69) is 15.5 Å². The first-order valence-electron chi connectivity index (χ1n) is 6.45. The van der Waals surface area contributed by atoms with Gasteiger partial charge in [-0.3, -0.25) is 4.98 Å². The molecule has 3 N–H and O–H groups in total. The van der Waals surface area contributed by atoms with Crippen LogP contribution in [0.1, 0.15) is 17.0 Å². The summed E-state index contributed by atoms with van der Waals surface area (Å²) in [6.07, 6.45) is 1.78. The first-order chi connectivity index (χ1) is 9.65. The molecular weight excluding hydrogens is 252 g/mol. The maximum Gasteiger partial charge on any atom is 0.138 e. The first kappa shape index (κ1) is 12.5. The molecular formula is C15H16N4O. The van der Waals surface area contributed by atoms with Crippen LogP contribution >= 0.6 is 0 Å². The molecule has 1 aromatic carbocycles. The number of hydrogen-bond donors (Lipinski definition) is 2. The molecule has 0 unspecified atom stereocenters. The van der Waals surface area contributed by atoms with Gasteiger partial charge in [-0.05, 0) is 38.1 Å². The molecule has 0 aliphatic rings. The molecule has 0 atom stereocenters. The highest BCUT2D eigenvalue weighted by molar-refractivity contribution is 5.92. The zero-order chi connectivity index (χ0) is 14.1. The van der Waals surface area contributed by atoms with Crippen LogP contribution in [0.3, 0.4) is 0 Å². The summed E-state index contributed by atoms with van der Waals surface area (Å²) in [5.74, 6) is 0.845. The monoisotopic (exact) mass is 268 g/mol. The largest absolute Gasteiger partial charge is 0.399 e. The van der Waals surface area contributed by atoms with Gasteiger partial charge in [0.2, 0.25) is 0 Å². The molecule has 0 bridgehead atoms. The van der Waals surface area contributed by atoms with E-state index in [4.69, 9.17) is 10.3 Å². The second-order valence-electron chi connectivity index (χ2n) is 4.79. The van der Waals surface area contributed by atoms with Gasteiger partial charge in [0.05, 0.1) is 11.2 Å². The molecule has 5 nitrogen and oxygen atoms in total. The number of aromatic nitrogens is 2. The van der Waals surface area contributed by atoms with E-state index in [1.807, 2.05) is 38.1 Å². The quantitative estimate of drug-likeness (QED) is 0.714. The van der Waals surface area contributed by atoms with Crippen LogP contribution < -0.4 is 11.1 Å². The minimum Gasteiger partial charge on any atom is -0.399 e. The van der Waals surface area contributed by atoms with Crippen molar-refractivity contribution in [2.45, 2.75) is 20.4 Å². The summed E-state index contributed by atoms with van der Waals surface area (Å²) in [5, 5.41) is 8.42. The second-order valence-corrected chi connectivity index (χ2v) is 4.79. The summed E-state index contributed by atoms with van der Waals surface area (Å²) in [6.45, 7) is 4.53. The number of benzene rings is 1. The fraction of sp³-hybridized carbons (Fsp3) is 0.200. The molecule has 102 valence electrons. The Balaban J connectivity index is 1.92. The number of pyridine rings is 1. The lowest BCUT2D eigenvalue weighted by Crippen LogP contribution is -2.02. The fourth-order valence-electron chi connectivity index (χ4n) is 2.26. The molecule has 5 heteroatoms. The van der Waals surface area contributed by atoms with Gasteiger partial charge in [0, 0.05) is 35.1 Å². The van der Waals surface area contributed by atoms with Crippen molar-refractivity contribution in [2.24, 2.45) is 0 Å². The van der Waals surface area contributed by atoms with Gasteiger partial charge in [0.15, 0.2) is 0 Å². The van der Waals surface area contributed by atoms with E-state index in [1.54, 1.807) is 6.20 Å². The topological polar surface area (TPSA) is 77.0 Å². The second kappa shape index (κ2) is 4.85. The number of rotatable bonds is 3. The Labute approximate surface area is 116 Å². The third-order valence-electron chi connectivity index (χ3n) is 3.40. The zero-order valence-corrected chi connectivity index (χ0v) is 11.5. The number of fused-ring (bicyclic) bond motifs is 1. The highest BCUT2D eigenvalue weighted by atomic mass is 16.5. The van der Waals surface area contributed by atoms with Crippen LogP contribution in [0.25, 0.3) is 10.9 Å². The Kier molecular flexibility index (Phi) is 3.02. The SMILES string of the molecule is Cc1noc(C)c1CNc1ccnc2cc(N)ccc12. The number of nitrogens with one attached hydrogen (secondary N) is 1. The number of hydrogen-bond acceptors (Lipinski definition) is 5. The molecule has 2 aromatic heterocycles. The van der Waals surface area contributed by atoms with Crippen molar-refractivity contribution >= 4 is 22.3 Å². The van der Waals surface area contributed by atoms with Gasteiger partial charge >= 0.3 is 0 Å². The number of nitrogens with two attached hydrogens (primary N) is 1. The van der Waals surface area contributed by atoms with Gasteiger partial charge < -0.3 is 15.6 Å². The maximum atomic E-state index is 5.78. The Morgan fingerprint density at radius 2 is 2.10 bits per heavy atom. The van der Waals surface area contributed by atoms with E-state index in [0.29, 0.717) is 12.2 Å². The number of nitrogens with zero attached hydrogens (tertiary/aromatic N) is 2. The van der Waals surface area contributed by atoms with Crippen LogP contribution in [0.2, 0.25) is 0 Å². The molecule has 0 radical (unpaired) electrons. The van der Waals surface area contributed by atoms with Crippen molar-refractivity contribution < 1.29 is 4.52 Å². The first-order valence-corrected chi connectivity index (χ1v) is 6.45.